The molecule has 4 rings (SSSR count). The molecule has 3 atom stereocenters. The standard InChI is InChI=1S/C19H20F4N4O3S/c1-9-12(28)8-27(9)18-25-15(11-5-6-19(22,23)16(11)26-18)10-3-4-13(30-2)14(7-10)31(24,29)17(20)21/h3-4,7,9,12,17,24,28H,5-6,8H2,1-2H3/t9-,12+,31?/m0/s1. The fraction of sp³-hybridized carbons (Fsp3) is 0.474. The first-order valence-electron chi connectivity index (χ1n) is 9.45. The maximum atomic E-state index is 14.5. The van der Waals surface area contributed by atoms with Gasteiger partial charge in [-0.25, -0.2) is 19.0 Å². The van der Waals surface area contributed by atoms with Crippen LogP contribution in [0.5, 0.6) is 5.75 Å². The molecule has 0 bridgehead atoms. The molecule has 1 aliphatic heterocycles. The Labute approximate surface area is 176 Å². The number of methoxy groups -OCH3 is 1. The maximum Gasteiger partial charge on any atom is 0.323 e. The largest absolute Gasteiger partial charge is 0.495 e. The van der Waals surface area contributed by atoms with E-state index in [1.165, 1.54) is 19.2 Å². The van der Waals surface area contributed by atoms with Gasteiger partial charge in [0.2, 0.25) is 5.95 Å². The Bertz CT molecular complexity index is 1140. The van der Waals surface area contributed by atoms with Gasteiger partial charge in [0.1, 0.15) is 21.2 Å². The Balaban J connectivity index is 1.92. The third-order valence-corrected chi connectivity index (χ3v) is 7.21. The number of alkyl halides is 4. The number of benzene rings is 1. The van der Waals surface area contributed by atoms with Gasteiger partial charge in [-0.15, -0.1) is 0 Å². The monoisotopic (exact) mass is 460 g/mol. The number of β-amino-alcohol motifs (C(OH)–C–C–N with tert-alkyl or cyclic N) is 1. The first-order valence-corrected chi connectivity index (χ1v) is 11.1. The number of fused-ring (bicyclic) bond motifs is 1. The normalized spacial score (nSPS) is 23.9. The van der Waals surface area contributed by atoms with E-state index in [9.17, 15) is 26.9 Å². The highest BCUT2D eigenvalue weighted by Crippen LogP contribution is 2.45. The highest BCUT2D eigenvalue weighted by molar-refractivity contribution is 7.92. The molecule has 31 heavy (non-hydrogen) atoms. The Morgan fingerprint density at radius 2 is 2.06 bits per heavy atom. The average Bonchev–Trinajstić information content (AvgIpc) is 3.05. The molecule has 0 spiro atoms. The van der Waals surface area contributed by atoms with E-state index in [1.807, 2.05) is 0 Å². The summed E-state index contributed by atoms with van der Waals surface area (Å²) in [6.07, 6.45) is -1.14. The van der Waals surface area contributed by atoms with E-state index >= 15 is 0 Å². The number of rotatable bonds is 5. The predicted molar refractivity (Wildman–Crippen MR) is 104 cm³/mol. The van der Waals surface area contributed by atoms with E-state index < -0.39 is 44.5 Å². The number of ether oxygens (including phenoxy) is 1. The molecule has 0 radical (unpaired) electrons. The second-order valence-electron chi connectivity index (χ2n) is 7.59. The third-order valence-electron chi connectivity index (χ3n) is 5.73. The van der Waals surface area contributed by atoms with Gasteiger partial charge in [-0.3, -0.25) is 0 Å². The van der Waals surface area contributed by atoms with Crippen molar-refractivity contribution >= 4 is 15.7 Å². The van der Waals surface area contributed by atoms with Crippen molar-refractivity contribution < 1.29 is 31.6 Å². The molecule has 0 amide bonds. The van der Waals surface area contributed by atoms with Gasteiger partial charge in [-0.1, -0.05) is 0 Å². The first-order chi connectivity index (χ1) is 14.5. The van der Waals surface area contributed by atoms with Crippen molar-refractivity contribution in [3.05, 3.63) is 29.5 Å². The summed E-state index contributed by atoms with van der Waals surface area (Å²) in [7, 11) is -3.32. The number of hydrogen-bond donors (Lipinski definition) is 2. The summed E-state index contributed by atoms with van der Waals surface area (Å²) < 4.78 is 80.6. The third kappa shape index (κ3) is 3.41. The average molecular weight is 460 g/mol. The fourth-order valence-electron chi connectivity index (χ4n) is 3.79. The van der Waals surface area contributed by atoms with Gasteiger partial charge in [0.25, 0.3) is 5.92 Å². The van der Waals surface area contributed by atoms with Gasteiger partial charge < -0.3 is 14.7 Å². The minimum Gasteiger partial charge on any atom is -0.495 e. The van der Waals surface area contributed by atoms with Gasteiger partial charge in [-0.05, 0) is 31.5 Å². The van der Waals surface area contributed by atoms with Crippen LogP contribution in [0.2, 0.25) is 0 Å². The summed E-state index contributed by atoms with van der Waals surface area (Å²) in [5.41, 5.74) is -0.0204. The van der Waals surface area contributed by atoms with Crippen molar-refractivity contribution in [3.63, 3.8) is 0 Å². The summed E-state index contributed by atoms with van der Waals surface area (Å²) in [6, 6.07) is 3.40. The minimum atomic E-state index is -4.52. The number of anilines is 1. The molecule has 2 aliphatic rings. The summed E-state index contributed by atoms with van der Waals surface area (Å²) in [5.74, 6) is -6.82. The summed E-state index contributed by atoms with van der Waals surface area (Å²) >= 11 is 0. The van der Waals surface area contributed by atoms with E-state index in [1.54, 1.807) is 11.8 Å². The van der Waals surface area contributed by atoms with Gasteiger partial charge in [0.15, 0.2) is 0 Å². The van der Waals surface area contributed by atoms with Crippen LogP contribution >= 0.6 is 0 Å². The van der Waals surface area contributed by atoms with Crippen molar-refractivity contribution in [2.45, 2.75) is 48.5 Å². The number of aliphatic hydroxyl groups is 1. The predicted octanol–water partition coefficient (Wildman–Crippen LogP) is 3.39. The summed E-state index contributed by atoms with van der Waals surface area (Å²) in [4.78, 5) is 9.48. The van der Waals surface area contributed by atoms with Gasteiger partial charge in [-0.2, -0.15) is 17.6 Å². The molecule has 168 valence electrons. The lowest BCUT2D eigenvalue weighted by Crippen LogP contribution is -2.59. The minimum absolute atomic E-state index is 0.00837. The molecule has 1 aromatic heterocycles. The number of hydrogen-bond acceptors (Lipinski definition) is 7. The van der Waals surface area contributed by atoms with Gasteiger partial charge >= 0.3 is 5.76 Å². The van der Waals surface area contributed by atoms with E-state index in [2.05, 4.69) is 9.97 Å². The zero-order chi connectivity index (χ0) is 22.7. The molecule has 1 fully saturated rings. The molecule has 1 aliphatic carbocycles. The first kappa shape index (κ1) is 21.8. The zero-order valence-corrected chi connectivity index (χ0v) is 17.4. The Morgan fingerprint density at radius 3 is 2.65 bits per heavy atom. The highest BCUT2D eigenvalue weighted by atomic mass is 32.2. The number of aliphatic hydroxyl groups excluding tert-OH is 1. The van der Waals surface area contributed by atoms with E-state index in [4.69, 9.17) is 9.52 Å². The Hall–Kier alpha value is -2.47. The van der Waals surface area contributed by atoms with Crippen molar-refractivity contribution in [1.29, 1.82) is 4.78 Å². The van der Waals surface area contributed by atoms with Crippen LogP contribution in [0.25, 0.3) is 11.3 Å². The molecular weight excluding hydrogens is 440 g/mol. The van der Waals surface area contributed by atoms with E-state index in [0.717, 1.165) is 6.07 Å². The molecular formula is C19H20F4N4O3S. The molecule has 7 nitrogen and oxygen atoms in total. The van der Waals surface area contributed by atoms with Crippen LogP contribution < -0.4 is 9.64 Å². The SMILES string of the molecule is COc1ccc(-c2nc(N3C[C@@H](O)[C@@H]3C)nc3c2CCC3(F)F)cc1S(=N)(=O)C(F)F. The lowest BCUT2D eigenvalue weighted by atomic mass is 10.0. The zero-order valence-electron chi connectivity index (χ0n) is 16.6. The quantitative estimate of drug-likeness (QED) is 0.664. The van der Waals surface area contributed by atoms with Crippen LogP contribution in [0, 0.1) is 4.78 Å². The van der Waals surface area contributed by atoms with Crippen LogP contribution in [0.4, 0.5) is 23.5 Å². The smallest absolute Gasteiger partial charge is 0.323 e. The molecule has 2 aromatic rings. The summed E-state index contributed by atoms with van der Waals surface area (Å²) in [5, 5.41) is 9.78. The van der Waals surface area contributed by atoms with Crippen molar-refractivity contribution in [2.75, 3.05) is 18.6 Å². The Kier molecular flexibility index (Phi) is 5.12. The maximum absolute atomic E-state index is 14.5. The van der Waals surface area contributed by atoms with Crippen LogP contribution in [-0.4, -0.2) is 50.8 Å². The number of halogens is 4. The van der Waals surface area contributed by atoms with E-state index in [0.29, 0.717) is 0 Å². The lowest BCUT2D eigenvalue weighted by molar-refractivity contribution is -0.00603. The number of nitrogens with one attached hydrogen (secondary N) is 1. The van der Waals surface area contributed by atoms with Crippen molar-refractivity contribution in [2.24, 2.45) is 0 Å². The van der Waals surface area contributed by atoms with Crippen LogP contribution in [0.3, 0.4) is 0 Å². The molecule has 0 saturated carbocycles. The number of nitrogens with zero attached hydrogens (tertiary/aromatic N) is 3. The highest BCUT2D eigenvalue weighted by Gasteiger charge is 2.45. The second-order valence-corrected chi connectivity index (χ2v) is 9.59. The molecule has 12 heteroatoms. The molecule has 1 aromatic carbocycles. The molecule has 2 N–H and O–H groups in total. The van der Waals surface area contributed by atoms with Crippen LogP contribution in [0.15, 0.2) is 23.1 Å². The lowest BCUT2D eigenvalue weighted by Gasteiger charge is -2.43. The molecule has 1 saturated heterocycles. The number of aromatic nitrogens is 2. The Morgan fingerprint density at radius 1 is 1.35 bits per heavy atom. The van der Waals surface area contributed by atoms with Gasteiger partial charge in [0.05, 0.1) is 29.8 Å². The molecule has 1 unspecified atom stereocenters. The van der Waals surface area contributed by atoms with E-state index in [-0.39, 0.29) is 47.5 Å². The summed E-state index contributed by atoms with van der Waals surface area (Å²) in [6.45, 7) is 1.87. The van der Waals surface area contributed by atoms with Crippen LogP contribution in [0.1, 0.15) is 24.6 Å². The van der Waals surface area contributed by atoms with Gasteiger partial charge in [0, 0.05) is 24.1 Å². The topological polar surface area (TPSA) is 99.4 Å². The second kappa shape index (κ2) is 7.30. The van der Waals surface area contributed by atoms with Crippen LogP contribution in [-0.2, 0) is 22.1 Å². The molecule has 2 heterocycles. The fourth-order valence-corrected chi connectivity index (χ4v) is 4.73. The van der Waals surface area contributed by atoms with Crippen molar-refractivity contribution in [3.8, 4) is 17.0 Å². The van der Waals surface area contributed by atoms with Crippen molar-refractivity contribution in [1.82, 2.24) is 9.97 Å².